The zero-order valence-corrected chi connectivity index (χ0v) is 12.1. The van der Waals surface area contributed by atoms with E-state index < -0.39 is 0 Å². The third kappa shape index (κ3) is 2.50. The van der Waals surface area contributed by atoms with Crippen molar-refractivity contribution in [3.05, 3.63) is 29.3 Å². The highest BCUT2D eigenvalue weighted by Crippen LogP contribution is 2.27. The minimum atomic E-state index is 0.0982. The van der Waals surface area contributed by atoms with Crippen molar-refractivity contribution in [1.82, 2.24) is 4.90 Å². The van der Waals surface area contributed by atoms with Gasteiger partial charge in [-0.25, -0.2) is 0 Å². The van der Waals surface area contributed by atoms with E-state index in [1.807, 2.05) is 23.1 Å². The summed E-state index contributed by atoms with van der Waals surface area (Å²) in [5.74, 6) is 1.29. The van der Waals surface area contributed by atoms with Crippen LogP contribution in [0.25, 0.3) is 0 Å². The molecular weight excluding hydrogens is 272 g/mol. The van der Waals surface area contributed by atoms with Crippen LogP contribution in [0, 0.1) is 5.92 Å². The van der Waals surface area contributed by atoms with E-state index in [2.05, 4.69) is 0 Å². The maximum atomic E-state index is 12.5. The lowest BCUT2D eigenvalue weighted by molar-refractivity contribution is 0.0710. The van der Waals surface area contributed by atoms with Crippen LogP contribution >= 0.6 is 12.2 Å². The number of thiocarbonyl (C=S) groups is 1. The van der Waals surface area contributed by atoms with Gasteiger partial charge in [0.1, 0.15) is 5.75 Å². The fourth-order valence-electron chi connectivity index (χ4n) is 2.87. The van der Waals surface area contributed by atoms with Gasteiger partial charge in [-0.15, -0.1) is 0 Å². The third-order valence-corrected chi connectivity index (χ3v) is 4.45. The number of amides is 1. The number of hydrogen-bond donors (Lipinski definition) is 1. The van der Waals surface area contributed by atoms with Gasteiger partial charge in [-0.1, -0.05) is 12.2 Å². The lowest BCUT2D eigenvalue weighted by Gasteiger charge is -2.31. The molecule has 0 radical (unpaired) electrons. The number of likely N-dealkylation sites (tertiary alicyclic amines) is 1. The average molecular weight is 290 g/mol. The van der Waals surface area contributed by atoms with Crippen LogP contribution in [0.2, 0.25) is 0 Å². The first-order chi connectivity index (χ1) is 9.65. The molecule has 2 aliphatic heterocycles. The van der Waals surface area contributed by atoms with Crippen molar-refractivity contribution in [3.8, 4) is 5.75 Å². The van der Waals surface area contributed by atoms with Crippen molar-refractivity contribution in [3.63, 3.8) is 0 Å². The van der Waals surface area contributed by atoms with E-state index in [1.54, 1.807) is 0 Å². The van der Waals surface area contributed by atoms with Crippen LogP contribution in [-0.2, 0) is 6.42 Å². The lowest BCUT2D eigenvalue weighted by Crippen LogP contribution is -2.41. The predicted molar refractivity (Wildman–Crippen MR) is 81.1 cm³/mol. The molecule has 2 heterocycles. The molecule has 1 saturated heterocycles. The Morgan fingerprint density at radius 3 is 2.80 bits per heavy atom. The first-order valence-corrected chi connectivity index (χ1v) is 7.40. The molecule has 0 aliphatic carbocycles. The van der Waals surface area contributed by atoms with E-state index in [-0.39, 0.29) is 11.8 Å². The molecule has 1 fully saturated rings. The van der Waals surface area contributed by atoms with Crippen LogP contribution in [-0.4, -0.2) is 35.5 Å². The quantitative estimate of drug-likeness (QED) is 0.843. The molecule has 4 nitrogen and oxygen atoms in total. The van der Waals surface area contributed by atoms with Gasteiger partial charge < -0.3 is 15.4 Å². The molecule has 1 aromatic rings. The zero-order valence-electron chi connectivity index (χ0n) is 11.3. The van der Waals surface area contributed by atoms with E-state index in [9.17, 15) is 4.79 Å². The average Bonchev–Trinajstić information content (AvgIpc) is 2.94. The van der Waals surface area contributed by atoms with E-state index >= 15 is 0 Å². The van der Waals surface area contributed by atoms with Gasteiger partial charge in [0.25, 0.3) is 5.91 Å². The molecule has 20 heavy (non-hydrogen) atoms. The van der Waals surface area contributed by atoms with E-state index in [4.69, 9.17) is 22.7 Å². The van der Waals surface area contributed by atoms with Gasteiger partial charge in [-0.2, -0.15) is 0 Å². The normalized spacial score (nSPS) is 18.5. The van der Waals surface area contributed by atoms with Crippen molar-refractivity contribution in [2.75, 3.05) is 19.7 Å². The summed E-state index contributed by atoms with van der Waals surface area (Å²) in [6.45, 7) is 2.18. The van der Waals surface area contributed by atoms with Crippen molar-refractivity contribution in [2.45, 2.75) is 19.3 Å². The summed E-state index contributed by atoms with van der Waals surface area (Å²) in [4.78, 5) is 15.0. The number of nitrogens with two attached hydrogens (primary N) is 1. The number of carbonyl (C=O) groups is 1. The second kappa shape index (κ2) is 5.40. The van der Waals surface area contributed by atoms with Crippen molar-refractivity contribution in [2.24, 2.45) is 11.7 Å². The van der Waals surface area contributed by atoms with Crippen molar-refractivity contribution in [1.29, 1.82) is 0 Å². The number of carbonyl (C=O) groups excluding carboxylic acids is 1. The highest BCUT2D eigenvalue weighted by molar-refractivity contribution is 7.80. The Balaban J connectivity index is 1.69. The number of rotatable bonds is 2. The number of benzene rings is 1. The predicted octanol–water partition coefficient (Wildman–Crippen LogP) is 1.76. The van der Waals surface area contributed by atoms with Gasteiger partial charge in [0, 0.05) is 31.0 Å². The van der Waals surface area contributed by atoms with Crippen molar-refractivity contribution < 1.29 is 9.53 Å². The Morgan fingerprint density at radius 1 is 1.35 bits per heavy atom. The van der Waals surface area contributed by atoms with Gasteiger partial charge in [-0.05, 0) is 36.6 Å². The third-order valence-electron chi connectivity index (χ3n) is 4.12. The molecule has 0 spiro atoms. The number of hydrogen-bond acceptors (Lipinski definition) is 3. The van der Waals surface area contributed by atoms with E-state index in [0.29, 0.717) is 11.6 Å². The largest absolute Gasteiger partial charge is 0.493 e. The fourth-order valence-corrected chi connectivity index (χ4v) is 3.10. The summed E-state index contributed by atoms with van der Waals surface area (Å²) >= 11 is 5.03. The van der Waals surface area contributed by atoms with E-state index in [1.165, 1.54) is 0 Å². The molecular formula is C15H18N2O2S. The number of piperidine rings is 1. The minimum Gasteiger partial charge on any atom is -0.493 e. The summed E-state index contributed by atoms with van der Waals surface area (Å²) in [6, 6.07) is 5.72. The molecule has 0 unspecified atom stereocenters. The SMILES string of the molecule is NC(=S)C1CCN(C(=O)c2ccc3c(c2)CCO3)CC1. The number of ether oxygens (including phenoxy) is 1. The Bertz CT molecular complexity index is 551. The van der Waals surface area contributed by atoms with Crippen LogP contribution < -0.4 is 10.5 Å². The molecule has 0 bridgehead atoms. The Morgan fingerprint density at radius 2 is 2.10 bits per heavy atom. The van der Waals surface area contributed by atoms with Crippen LogP contribution in [0.4, 0.5) is 0 Å². The van der Waals surface area contributed by atoms with Gasteiger partial charge in [-0.3, -0.25) is 4.79 Å². The molecule has 0 aromatic heterocycles. The number of nitrogens with zero attached hydrogens (tertiary/aromatic N) is 1. The molecule has 2 N–H and O–H groups in total. The molecule has 2 aliphatic rings. The fraction of sp³-hybridized carbons (Fsp3) is 0.467. The smallest absolute Gasteiger partial charge is 0.253 e. The molecule has 3 rings (SSSR count). The van der Waals surface area contributed by atoms with Gasteiger partial charge in [0.05, 0.1) is 11.6 Å². The second-order valence-electron chi connectivity index (χ2n) is 5.39. The Labute approximate surface area is 123 Å². The standard InChI is InChI=1S/C15H18N2O2S/c16-14(20)10-3-6-17(7-4-10)15(18)12-1-2-13-11(9-12)5-8-19-13/h1-2,9-10H,3-8H2,(H2,16,20). The Kier molecular flexibility index (Phi) is 3.61. The molecule has 5 heteroatoms. The molecule has 0 saturated carbocycles. The molecule has 1 aromatic carbocycles. The lowest BCUT2D eigenvalue weighted by atomic mass is 9.96. The molecule has 1 amide bonds. The van der Waals surface area contributed by atoms with Crippen LogP contribution in [0.15, 0.2) is 18.2 Å². The second-order valence-corrected chi connectivity index (χ2v) is 5.86. The van der Waals surface area contributed by atoms with Gasteiger partial charge in [0.2, 0.25) is 0 Å². The first-order valence-electron chi connectivity index (χ1n) is 6.99. The van der Waals surface area contributed by atoms with Crippen LogP contribution in [0.1, 0.15) is 28.8 Å². The summed E-state index contributed by atoms with van der Waals surface area (Å²) in [5, 5.41) is 0. The molecule has 0 atom stereocenters. The maximum absolute atomic E-state index is 12.5. The topological polar surface area (TPSA) is 55.6 Å². The van der Waals surface area contributed by atoms with Gasteiger partial charge >= 0.3 is 0 Å². The van der Waals surface area contributed by atoms with Crippen LogP contribution in [0.3, 0.4) is 0 Å². The monoisotopic (exact) mass is 290 g/mol. The van der Waals surface area contributed by atoms with Crippen LogP contribution in [0.5, 0.6) is 5.75 Å². The Hall–Kier alpha value is -1.62. The maximum Gasteiger partial charge on any atom is 0.253 e. The minimum absolute atomic E-state index is 0.0982. The van der Waals surface area contributed by atoms with Gasteiger partial charge in [0.15, 0.2) is 0 Å². The summed E-state index contributed by atoms with van der Waals surface area (Å²) in [5.41, 5.74) is 7.56. The highest BCUT2D eigenvalue weighted by Gasteiger charge is 2.25. The first kappa shape index (κ1) is 13.4. The van der Waals surface area contributed by atoms with Crippen molar-refractivity contribution >= 4 is 23.1 Å². The highest BCUT2D eigenvalue weighted by atomic mass is 32.1. The zero-order chi connectivity index (χ0) is 14.1. The number of fused-ring (bicyclic) bond motifs is 1. The van der Waals surface area contributed by atoms with E-state index in [0.717, 1.165) is 49.2 Å². The summed E-state index contributed by atoms with van der Waals surface area (Å²) in [6.07, 6.45) is 2.63. The summed E-state index contributed by atoms with van der Waals surface area (Å²) < 4.78 is 5.47. The molecule has 106 valence electrons. The summed E-state index contributed by atoms with van der Waals surface area (Å²) in [7, 11) is 0.